The summed E-state index contributed by atoms with van der Waals surface area (Å²) in [5, 5.41) is 20.6. The van der Waals surface area contributed by atoms with Gasteiger partial charge in [0.1, 0.15) is 6.10 Å². The molecule has 1 saturated carbocycles. The lowest BCUT2D eigenvalue weighted by Crippen LogP contribution is -2.50. The van der Waals surface area contributed by atoms with E-state index in [0.717, 1.165) is 24.2 Å². The first-order valence-corrected chi connectivity index (χ1v) is 8.58. The second-order valence-corrected chi connectivity index (χ2v) is 7.05. The summed E-state index contributed by atoms with van der Waals surface area (Å²) in [7, 11) is 0. The third-order valence-electron chi connectivity index (χ3n) is 4.59. The van der Waals surface area contributed by atoms with Gasteiger partial charge in [0.2, 0.25) is 0 Å². The minimum atomic E-state index is -0.710. The molecular weight excluding hydrogens is 294 g/mol. The molecule has 0 bridgehead atoms. The molecule has 0 radical (unpaired) electrons. The Labute approximate surface area is 134 Å². The largest absolute Gasteiger partial charge is 0.390 e. The summed E-state index contributed by atoms with van der Waals surface area (Å²) in [6, 6.07) is 16.5. The third kappa shape index (κ3) is 2.22. The van der Waals surface area contributed by atoms with E-state index in [-0.39, 0.29) is 6.04 Å². The predicted molar refractivity (Wildman–Crippen MR) is 88.8 cm³/mol. The summed E-state index contributed by atoms with van der Waals surface area (Å²) in [6.07, 6.45) is 1.18. The summed E-state index contributed by atoms with van der Waals surface area (Å²) in [5.41, 5.74) is 2.26. The fourth-order valence-corrected chi connectivity index (χ4v) is 4.58. The molecule has 2 aromatic rings. The lowest BCUT2D eigenvalue weighted by Gasteiger charge is -2.44. The molecule has 114 valence electrons. The second-order valence-electron chi connectivity index (χ2n) is 5.96. The molecule has 0 amide bonds. The molecule has 22 heavy (non-hydrogen) atoms. The van der Waals surface area contributed by atoms with Crippen molar-refractivity contribution in [3.05, 3.63) is 48.5 Å². The average molecular weight is 313 g/mol. The van der Waals surface area contributed by atoms with Crippen molar-refractivity contribution in [1.29, 1.82) is 0 Å². The number of aliphatic hydroxyl groups is 2. The maximum absolute atomic E-state index is 10.5. The molecule has 2 aliphatic rings. The van der Waals surface area contributed by atoms with Crippen LogP contribution in [0.15, 0.2) is 58.3 Å². The first kappa shape index (κ1) is 14.1. The highest BCUT2D eigenvalue weighted by molar-refractivity contribution is 7.99. The van der Waals surface area contributed by atoms with Crippen LogP contribution in [0.1, 0.15) is 19.3 Å². The Kier molecular flexibility index (Phi) is 3.60. The van der Waals surface area contributed by atoms with E-state index in [1.807, 2.05) is 24.3 Å². The van der Waals surface area contributed by atoms with E-state index in [2.05, 4.69) is 29.2 Å². The van der Waals surface area contributed by atoms with Gasteiger partial charge in [0, 0.05) is 9.79 Å². The minimum absolute atomic E-state index is 0.0769. The number of para-hydroxylation sites is 2. The number of fused-ring (bicyclic) bond motifs is 2. The van der Waals surface area contributed by atoms with E-state index in [0.29, 0.717) is 6.42 Å². The lowest BCUT2D eigenvalue weighted by molar-refractivity contribution is -0.0206. The summed E-state index contributed by atoms with van der Waals surface area (Å²) in [4.78, 5) is 4.63. The van der Waals surface area contributed by atoms with Gasteiger partial charge in [-0.05, 0) is 43.5 Å². The maximum Gasteiger partial charge on any atom is 0.101 e. The van der Waals surface area contributed by atoms with Gasteiger partial charge in [-0.15, -0.1) is 0 Å². The van der Waals surface area contributed by atoms with Crippen LogP contribution in [0.3, 0.4) is 0 Å². The van der Waals surface area contributed by atoms with Crippen molar-refractivity contribution in [2.24, 2.45) is 0 Å². The van der Waals surface area contributed by atoms with Crippen molar-refractivity contribution in [3.63, 3.8) is 0 Å². The molecule has 1 heterocycles. The highest BCUT2D eigenvalue weighted by Gasteiger charge is 2.38. The Morgan fingerprint density at radius 1 is 0.864 bits per heavy atom. The molecule has 4 rings (SSSR count). The Hall–Kier alpha value is -1.49. The van der Waals surface area contributed by atoms with Crippen molar-refractivity contribution in [2.45, 2.75) is 47.3 Å². The van der Waals surface area contributed by atoms with Crippen molar-refractivity contribution < 1.29 is 10.2 Å². The molecule has 1 aliphatic carbocycles. The van der Waals surface area contributed by atoms with E-state index >= 15 is 0 Å². The van der Waals surface area contributed by atoms with Crippen molar-refractivity contribution in [3.8, 4) is 0 Å². The minimum Gasteiger partial charge on any atom is -0.390 e. The molecule has 1 aliphatic heterocycles. The number of nitrogens with zero attached hydrogens (tertiary/aromatic N) is 1. The van der Waals surface area contributed by atoms with Crippen LogP contribution in [0.4, 0.5) is 11.4 Å². The quantitative estimate of drug-likeness (QED) is 0.845. The zero-order chi connectivity index (χ0) is 15.1. The molecule has 2 unspecified atom stereocenters. The first-order valence-electron chi connectivity index (χ1n) is 7.77. The Morgan fingerprint density at radius 2 is 1.45 bits per heavy atom. The highest BCUT2D eigenvalue weighted by atomic mass is 32.2. The second kappa shape index (κ2) is 5.61. The number of hydrogen-bond acceptors (Lipinski definition) is 4. The lowest BCUT2D eigenvalue weighted by atomic mass is 9.88. The van der Waals surface area contributed by atoms with Gasteiger partial charge in [0.25, 0.3) is 0 Å². The van der Waals surface area contributed by atoms with Gasteiger partial charge in [0.15, 0.2) is 0 Å². The zero-order valence-electron chi connectivity index (χ0n) is 12.2. The molecule has 1 fully saturated rings. The number of hydrogen-bond donors (Lipinski definition) is 2. The molecular formula is C18H19NO2S. The van der Waals surface area contributed by atoms with Gasteiger partial charge in [-0.1, -0.05) is 36.0 Å². The fraction of sp³-hybridized carbons (Fsp3) is 0.333. The summed E-state index contributed by atoms with van der Waals surface area (Å²) in [5.74, 6) is 0. The van der Waals surface area contributed by atoms with Crippen LogP contribution in [-0.4, -0.2) is 28.5 Å². The van der Waals surface area contributed by atoms with Gasteiger partial charge < -0.3 is 15.1 Å². The molecule has 2 aromatic carbocycles. The third-order valence-corrected chi connectivity index (χ3v) is 5.72. The topological polar surface area (TPSA) is 43.7 Å². The van der Waals surface area contributed by atoms with Gasteiger partial charge >= 0.3 is 0 Å². The normalized spacial score (nSPS) is 27.2. The van der Waals surface area contributed by atoms with E-state index in [9.17, 15) is 10.2 Å². The number of rotatable bonds is 1. The average Bonchev–Trinajstić information content (AvgIpc) is 2.55. The number of benzene rings is 2. The zero-order valence-corrected chi connectivity index (χ0v) is 13.0. The SMILES string of the molecule is OC1CCC[C@H](N2c3ccccc3Sc3ccccc32)C1O. The van der Waals surface area contributed by atoms with Gasteiger partial charge in [0.05, 0.1) is 23.5 Å². The Bertz CT molecular complexity index is 645. The van der Waals surface area contributed by atoms with E-state index in [4.69, 9.17) is 0 Å². The first-order chi connectivity index (χ1) is 10.8. The molecule has 0 saturated heterocycles. The summed E-state index contributed by atoms with van der Waals surface area (Å²) < 4.78 is 0. The smallest absolute Gasteiger partial charge is 0.101 e. The van der Waals surface area contributed by atoms with Crippen LogP contribution in [0, 0.1) is 0 Å². The number of aliphatic hydroxyl groups excluding tert-OH is 2. The molecule has 3 nitrogen and oxygen atoms in total. The van der Waals surface area contributed by atoms with Crippen LogP contribution in [0.25, 0.3) is 0 Å². The van der Waals surface area contributed by atoms with Gasteiger partial charge in [-0.2, -0.15) is 0 Å². The van der Waals surface area contributed by atoms with E-state index in [1.165, 1.54) is 9.79 Å². The predicted octanol–water partition coefficient (Wildman–Crippen LogP) is 3.56. The van der Waals surface area contributed by atoms with Crippen molar-refractivity contribution in [2.75, 3.05) is 4.90 Å². The van der Waals surface area contributed by atoms with Crippen LogP contribution in [-0.2, 0) is 0 Å². The number of anilines is 2. The Morgan fingerprint density at radius 3 is 2.09 bits per heavy atom. The van der Waals surface area contributed by atoms with E-state index in [1.54, 1.807) is 11.8 Å². The van der Waals surface area contributed by atoms with Crippen LogP contribution in [0.2, 0.25) is 0 Å². The van der Waals surface area contributed by atoms with E-state index < -0.39 is 12.2 Å². The molecule has 0 aromatic heterocycles. The Balaban J connectivity index is 1.84. The van der Waals surface area contributed by atoms with Gasteiger partial charge in [-0.25, -0.2) is 0 Å². The van der Waals surface area contributed by atoms with Crippen molar-refractivity contribution in [1.82, 2.24) is 0 Å². The standard InChI is InChI=1S/C18H19NO2S/c20-15-9-5-8-14(18(15)21)19-12-6-1-3-10-16(12)22-17-11-4-2-7-13(17)19/h1-4,6-7,10-11,14-15,18,20-21H,5,8-9H2/t14-,15?,18?/m0/s1. The summed E-state index contributed by atoms with van der Waals surface area (Å²) in [6.45, 7) is 0. The van der Waals surface area contributed by atoms with Gasteiger partial charge in [-0.3, -0.25) is 0 Å². The monoisotopic (exact) mass is 313 g/mol. The maximum atomic E-state index is 10.5. The van der Waals surface area contributed by atoms with Crippen LogP contribution >= 0.6 is 11.8 Å². The summed E-state index contributed by atoms with van der Waals surface area (Å²) >= 11 is 1.77. The molecule has 4 heteroatoms. The highest BCUT2D eigenvalue weighted by Crippen LogP contribution is 2.50. The van der Waals surface area contributed by atoms with Crippen LogP contribution < -0.4 is 4.90 Å². The molecule has 2 N–H and O–H groups in total. The molecule has 0 spiro atoms. The molecule has 3 atom stereocenters. The van der Waals surface area contributed by atoms with Crippen LogP contribution in [0.5, 0.6) is 0 Å². The fourth-order valence-electron chi connectivity index (χ4n) is 3.51. The van der Waals surface area contributed by atoms with Crippen molar-refractivity contribution >= 4 is 23.1 Å².